The minimum Gasteiger partial charge on any atom is -0.322 e. The van der Waals surface area contributed by atoms with E-state index in [9.17, 15) is 9.18 Å². The van der Waals surface area contributed by atoms with Crippen molar-refractivity contribution in [3.05, 3.63) is 76.8 Å². The van der Waals surface area contributed by atoms with Crippen molar-refractivity contribution >= 4 is 23.2 Å². The first-order valence-corrected chi connectivity index (χ1v) is 9.61. The van der Waals surface area contributed by atoms with Gasteiger partial charge in [0.15, 0.2) is 0 Å². The molecule has 2 heterocycles. The van der Waals surface area contributed by atoms with Crippen molar-refractivity contribution in [2.24, 2.45) is 0 Å². The predicted molar refractivity (Wildman–Crippen MR) is 108 cm³/mol. The Morgan fingerprint density at radius 2 is 1.96 bits per heavy atom. The van der Waals surface area contributed by atoms with Crippen molar-refractivity contribution in [1.29, 1.82) is 0 Å². The Hall–Kier alpha value is -2.70. The minimum absolute atomic E-state index is 0.159. The average Bonchev–Trinajstić information content (AvgIpc) is 3.14. The lowest BCUT2D eigenvalue weighted by molar-refractivity contribution is 0.102. The summed E-state index contributed by atoms with van der Waals surface area (Å²) in [4.78, 5) is 13.0. The quantitative estimate of drug-likeness (QED) is 0.685. The fourth-order valence-corrected chi connectivity index (χ4v) is 3.79. The van der Waals surface area contributed by atoms with Gasteiger partial charge in [0, 0.05) is 16.6 Å². The maximum absolute atomic E-state index is 13.8. The van der Waals surface area contributed by atoms with E-state index < -0.39 is 0 Å². The second-order valence-corrected chi connectivity index (χ2v) is 7.26. The van der Waals surface area contributed by atoms with Gasteiger partial charge in [-0.15, -0.1) is 0 Å². The molecule has 0 spiro atoms. The zero-order chi connectivity index (χ0) is 19.5. The Morgan fingerprint density at radius 1 is 1.18 bits per heavy atom. The van der Waals surface area contributed by atoms with E-state index >= 15 is 0 Å². The normalized spacial score (nSPS) is 14.8. The van der Waals surface area contributed by atoms with Crippen LogP contribution in [-0.4, -0.2) is 28.8 Å². The maximum Gasteiger partial charge on any atom is 0.259 e. The molecule has 0 bridgehead atoms. The second-order valence-electron chi connectivity index (χ2n) is 6.82. The highest BCUT2D eigenvalue weighted by Crippen LogP contribution is 2.31. The molecule has 7 heteroatoms. The molecule has 0 atom stereocenters. The molecular weight excluding hydrogens is 379 g/mol. The van der Waals surface area contributed by atoms with Crippen LogP contribution >= 0.6 is 11.6 Å². The lowest BCUT2D eigenvalue weighted by atomic mass is 9.91. The van der Waals surface area contributed by atoms with Crippen molar-refractivity contribution in [1.82, 2.24) is 15.1 Å². The molecule has 0 aliphatic carbocycles. The third-order valence-corrected chi connectivity index (χ3v) is 5.15. The first kappa shape index (κ1) is 18.7. The fourth-order valence-electron chi connectivity index (χ4n) is 3.60. The number of hydrogen-bond acceptors (Lipinski definition) is 3. The Bertz CT molecular complexity index is 998. The largest absolute Gasteiger partial charge is 0.322 e. The number of nitrogens with one attached hydrogen (secondary N) is 2. The van der Waals surface area contributed by atoms with Gasteiger partial charge in [0.25, 0.3) is 5.91 Å². The van der Waals surface area contributed by atoms with Crippen molar-refractivity contribution in [3.8, 4) is 5.69 Å². The number of carbonyl (C=O) groups is 1. The summed E-state index contributed by atoms with van der Waals surface area (Å²) in [5.41, 5.74) is 2.53. The summed E-state index contributed by atoms with van der Waals surface area (Å²) in [6.07, 6.45) is 3.33. The Balaban J connectivity index is 1.73. The van der Waals surface area contributed by atoms with E-state index in [2.05, 4.69) is 15.7 Å². The van der Waals surface area contributed by atoms with E-state index in [0.29, 0.717) is 22.0 Å². The van der Waals surface area contributed by atoms with E-state index in [-0.39, 0.29) is 17.6 Å². The van der Waals surface area contributed by atoms with Crippen LogP contribution in [0.5, 0.6) is 0 Å². The number of amides is 1. The molecule has 144 valence electrons. The highest BCUT2D eigenvalue weighted by atomic mass is 35.5. The first-order chi connectivity index (χ1) is 13.6. The lowest BCUT2D eigenvalue weighted by Crippen LogP contribution is -2.29. The van der Waals surface area contributed by atoms with Crippen LogP contribution in [0.4, 0.5) is 10.1 Å². The standard InChI is InChI=1S/C21H20ClFN4O/c22-15-3-1-5-17(11-15)26-21(28)19-13-25-27(18-6-2-4-16(23)12-18)20(19)14-7-9-24-10-8-14/h1-6,11-14,24H,7-10H2,(H,26,28). The molecule has 1 amide bonds. The molecule has 1 aliphatic heterocycles. The summed E-state index contributed by atoms with van der Waals surface area (Å²) in [5.74, 6) is -0.431. The monoisotopic (exact) mass is 398 g/mol. The number of rotatable bonds is 4. The van der Waals surface area contributed by atoms with Gasteiger partial charge in [-0.2, -0.15) is 5.10 Å². The van der Waals surface area contributed by atoms with Crippen molar-refractivity contribution in [2.75, 3.05) is 18.4 Å². The molecule has 1 aromatic heterocycles. The van der Waals surface area contributed by atoms with Crippen LogP contribution in [0.15, 0.2) is 54.7 Å². The van der Waals surface area contributed by atoms with Crippen LogP contribution < -0.4 is 10.6 Å². The molecule has 0 radical (unpaired) electrons. The second kappa shape index (κ2) is 8.12. The number of carbonyl (C=O) groups excluding carboxylic acids is 1. The van der Waals surface area contributed by atoms with Gasteiger partial charge in [0.2, 0.25) is 0 Å². The minimum atomic E-state index is -0.339. The zero-order valence-corrected chi connectivity index (χ0v) is 15.9. The topological polar surface area (TPSA) is 59.0 Å². The molecule has 0 saturated carbocycles. The van der Waals surface area contributed by atoms with Gasteiger partial charge in [-0.25, -0.2) is 9.07 Å². The summed E-state index contributed by atoms with van der Waals surface area (Å²) >= 11 is 6.02. The third-order valence-electron chi connectivity index (χ3n) is 4.91. The maximum atomic E-state index is 13.8. The van der Waals surface area contributed by atoms with E-state index in [1.165, 1.54) is 12.1 Å². The SMILES string of the molecule is O=C(Nc1cccc(Cl)c1)c1cnn(-c2cccc(F)c2)c1C1CCNCC1. The molecule has 1 saturated heterocycles. The number of aromatic nitrogens is 2. The van der Waals surface area contributed by atoms with Gasteiger partial charge in [0.05, 0.1) is 23.1 Å². The molecule has 28 heavy (non-hydrogen) atoms. The van der Waals surface area contributed by atoms with Crippen molar-refractivity contribution < 1.29 is 9.18 Å². The fraction of sp³-hybridized carbons (Fsp3) is 0.238. The number of anilines is 1. The number of piperidine rings is 1. The van der Waals surface area contributed by atoms with Gasteiger partial charge >= 0.3 is 0 Å². The third kappa shape index (κ3) is 3.93. The van der Waals surface area contributed by atoms with Crippen LogP contribution in [-0.2, 0) is 0 Å². The Labute approximate surface area is 167 Å². The Morgan fingerprint density at radius 3 is 2.71 bits per heavy atom. The van der Waals surface area contributed by atoms with Gasteiger partial charge in [-0.3, -0.25) is 4.79 Å². The molecule has 5 nitrogen and oxygen atoms in total. The number of hydrogen-bond donors (Lipinski definition) is 2. The molecule has 2 N–H and O–H groups in total. The van der Waals surface area contributed by atoms with Crippen LogP contribution in [0.1, 0.15) is 34.8 Å². The number of nitrogens with zero attached hydrogens (tertiary/aromatic N) is 2. The first-order valence-electron chi connectivity index (χ1n) is 9.23. The molecular formula is C21H20ClFN4O. The van der Waals surface area contributed by atoms with Crippen molar-refractivity contribution in [3.63, 3.8) is 0 Å². The van der Waals surface area contributed by atoms with Gasteiger partial charge in [-0.05, 0) is 62.3 Å². The number of benzene rings is 2. The van der Waals surface area contributed by atoms with Gasteiger partial charge < -0.3 is 10.6 Å². The van der Waals surface area contributed by atoms with E-state index in [1.54, 1.807) is 47.3 Å². The highest BCUT2D eigenvalue weighted by Gasteiger charge is 2.27. The lowest BCUT2D eigenvalue weighted by Gasteiger charge is -2.24. The van der Waals surface area contributed by atoms with E-state index in [1.807, 2.05) is 0 Å². The highest BCUT2D eigenvalue weighted by molar-refractivity contribution is 6.31. The summed E-state index contributed by atoms with van der Waals surface area (Å²) in [6.45, 7) is 1.74. The van der Waals surface area contributed by atoms with Crippen LogP contribution in [0.25, 0.3) is 5.69 Å². The smallest absolute Gasteiger partial charge is 0.259 e. The summed E-state index contributed by atoms with van der Waals surface area (Å²) in [5, 5.41) is 11.2. The average molecular weight is 399 g/mol. The molecule has 3 aromatic rings. The van der Waals surface area contributed by atoms with Crippen LogP contribution in [0.2, 0.25) is 5.02 Å². The molecule has 0 unspecified atom stereocenters. The summed E-state index contributed by atoms with van der Waals surface area (Å²) in [7, 11) is 0. The van der Waals surface area contributed by atoms with E-state index in [0.717, 1.165) is 31.6 Å². The van der Waals surface area contributed by atoms with Crippen molar-refractivity contribution in [2.45, 2.75) is 18.8 Å². The zero-order valence-electron chi connectivity index (χ0n) is 15.2. The number of halogens is 2. The summed E-state index contributed by atoms with van der Waals surface area (Å²) < 4.78 is 15.5. The molecule has 2 aromatic carbocycles. The van der Waals surface area contributed by atoms with Gasteiger partial charge in [-0.1, -0.05) is 23.7 Å². The van der Waals surface area contributed by atoms with Crippen LogP contribution in [0, 0.1) is 5.82 Å². The predicted octanol–water partition coefficient (Wildman–Crippen LogP) is 4.38. The molecule has 1 aliphatic rings. The van der Waals surface area contributed by atoms with Crippen LogP contribution in [0.3, 0.4) is 0 Å². The summed E-state index contributed by atoms with van der Waals surface area (Å²) in [6, 6.07) is 13.3. The molecule has 1 fully saturated rings. The van der Waals surface area contributed by atoms with Gasteiger partial charge in [0.1, 0.15) is 5.82 Å². The molecule has 4 rings (SSSR count). The Kier molecular flexibility index (Phi) is 5.41. The van der Waals surface area contributed by atoms with E-state index in [4.69, 9.17) is 11.6 Å².